The lowest BCUT2D eigenvalue weighted by atomic mass is 10.2. The molecule has 0 aromatic carbocycles. The highest BCUT2D eigenvalue weighted by atomic mass is 16.5. The summed E-state index contributed by atoms with van der Waals surface area (Å²) < 4.78 is 10.7. The van der Waals surface area contributed by atoms with Crippen LogP contribution in [0.25, 0.3) is 0 Å². The maximum Gasteiger partial charge on any atom is 0.276 e. The normalized spacial score (nSPS) is 20.5. The number of amides is 1. The largest absolute Gasteiger partial charge is 0.378 e. The number of piperazine rings is 1. The highest BCUT2D eigenvalue weighted by molar-refractivity contribution is 5.92. The Labute approximate surface area is 163 Å². The molecule has 0 bridgehead atoms. The van der Waals surface area contributed by atoms with Gasteiger partial charge in [-0.15, -0.1) is 5.10 Å². The van der Waals surface area contributed by atoms with Crippen LogP contribution in [-0.2, 0) is 4.74 Å². The monoisotopic (exact) mass is 384 g/mol. The van der Waals surface area contributed by atoms with Crippen molar-refractivity contribution in [2.24, 2.45) is 0 Å². The molecule has 2 saturated heterocycles. The van der Waals surface area contributed by atoms with Gasteiger partial charge in [0.25, 0.3) is 5.91 Å². The maximum absolute atomic E-state index is 12.7. The van der Waals surface area contributed by atoms with Gasteiger partial charge in [0.2, 0.25) is 0 Å². The van der Waals surface area contributed by atoms with Crippen LogP contribution in [0.5, 0.6) is 0 Å². The van der Waals surface area contributed by atoms with Crippen molar-refractivity contribution in [1.29, 1.82) is 0 Å². The second-order valence-corrected chi connectivity index (χ2v) is 7.54. The molecule has 9 heteroatoms. The summed E-state index contributed by atoms with van der Waals surface area (Å²) in [6, 6.07) is 3.89. The summed E-state index contributed by atoms with van der Waals surface area (Å²) in [4.78, 5) is 19.0. The van der Waals surface area contributed by atoms with E-state index in [1.54, 1.807) is 6.20 Å². The fourth-order valence-corrected chi connectivity index (χ4v) is 3.75. The van der Waals surface area contributed by atoms with E-state index in [4.69, 9.17) is 9.26 Å². The third kappa shape index (κ3) is 3.54. The summed E-state index contributed by atoms with van der Waals surface area (Å²) in [6.07, 6.45) is 4.06. The van der Waals surface area contributed by atoms with E-state index in [-0.39, 0.29) is 5.91 Å². The molecule has 0 unspecified atom stereocenters. The Balaban J connectivity index is 1.21. The number of carbonyl (C=O) groups excluding carboxylic acids is 1. The Bertz CT molecular complexity index is 838. The van der Waals surface area contributed by atoms with Gasteiger partial charge in [-0.1, -0.05) is 5.16 Å². The van der Waals surface area contributed by atoms with Crippen molar-refractivity contribution in [3.63, 3.8) is 0 Å². The highest BCUT2D eigenvalue weighted by Gasteiger charge is 2.31. The first-order chi connectivity index (χ1) is 13.8. The summed E-state index contributed by atoms with van der Waals surface area (Å²) >= 11 is 0. The van der Waals surface area contributed by atoms with Gasteiger partial charge in [0.15, 0.2) is 11.5 Å². The van der Waals surface area contributed by atoms with E-state index in [1.165, 1.54) is 0 Å². The average molecular weight is 384 g/mol. The molecule has 1 amide bonds. The minimum absolute atomic E-state index is 0.0443. The lowest BCUT2D eigenvalue weighted by molar-refractivity contribution is 0.0736. The Kier molecular flexibility index (Phi) is 4.59. The van der Waals surface area contributed by atoms with Crippen LogP contribution in [0, 0.1) is 0 Å². The van der Waals surface area contributed by atoms with E-state index in [9.17, 15) is 4.79 Å². The minimum Gasteiger partial charge on any atom is -0.378 e. The SMILES string of the molecule is O=C(c1cc(C2CC2)on1)N1CCN(c2cnnc(N3CCOCC3)c2)CC1. The predicted octanol–water partition coefficient (Wildman–Crippen LogP) is 1.14. The van der Waals surface area contributed by atoms with Gasteiger partial charge in [-0.3, -0.25) is 4.79 Å². The molecule has 3 aliphatic rings. The number of anilines is 2. The molecule has 1 aliphatic carbocycles. The molecule has 9 nitrogen and oxygen atoms in total. The zero-order valence-electron chi connectivity index (χ0n) is 15.8. The van der Waals surface area contributed by atoms with E-state index >= 15 is 0 Å². The highest BCUT2D eigenvalue weighted by Crippen LogP contribution is 2.40. The zero-order valence-corrected chi connectivity index (χ0v) is 15.8. The van der Waals surface area contributed by atoms with Gasteiger partial charge in [0.05, 0.1) is 25.1 Å². The molecular weight excluding hydrogens is 360 g/mol. The quantitative estimate of drug-likeness (QED) is 0.776. The zero-order chi connectivity index (χ0) is 18.9. The van der Waals surface area contributed by atoms with Gasteiger partial charge < -0.3 is 24.0 Å². The molecule has 148 valence electrons. The Morgan fingerprint density at radius 2 is 1.79 bits per heavy atom. The summed E-state index contributed by atoms with van der Waals surface area (Å²) in [5, 5.41) is 12.4. The molecule has 0 N–H and O–H groups in total. The lowest BCUT2D eigenvalue weighted by Crippen LogP contribution is -2.49. The van der Waals surface area contributed by atoms with Crippen LogP contribution < -0.4 is 9.80 Å². The fraction of sp³-hybridized carbons (Fsp3) is 0.579. The lowest BCUT2D eigenvalue weighted by Gasteiger charge is -2.36. The van der Waals surface area contributed by atoms with Gasteiger partial charge in [0.1, 0.15) is 5.76 Å². The molecular formula is C19H24N6O3. The Morgan fingerprint density at radius 3 is 2.54 bits per heavy atom. The van der Waals surface area contributed by atoms with Gasteiger partial charge in [0, 0.05) is 57.3 Å². The molecule has 3 fully saturated rings. The van der Waals surface area contributed by atoms with Crippen molar-refractivity contribution in [2.45, 2.75) is 18.8 Å². The van der Waals surface area contributed by atoms with E-state index in [2.05, 4.69) is 31.2 Å². The molecule has 28 heavy (non-hydrogen) atoms. The Hall–Kier alpha value is -2.68. The molecule has 0 spiro atoms. The summed E-state index contributed by atoms with van der Waals surface area (Å²) in [5.41, 5.74) is 1.47. The molecule has 1 saturated carbocycles. The molecule has 5 rings (SSSR count). The van der Waals surface area contributed by atoms with Crippen LogP contribution in [0.4, 0.5) is 11.5 Å². The van der Waals surface area contributed by atoms with Crippen molar-refractivity contribution in [3.8, 4) is 0 Å². The third-order valence-electron chi connectivity index (χ3n) is 5.62. The first kappa shape index (κ1) is 17.4. The van der Waals surface area contributed by atoms with Crippen molar-refractivity contribution in [3.05, 3.63) is 29.8 Å². The Morgan fingerprint density at radius 1 is 1.00 bits per heavy atom. The van der Waals surface area contributed by atoms with Crippen molar-refractivity contribution in [2.75, 3.05) is 62.3 Å². The number of rotatable bonds is 4. The minimum atomic E-state index is -0.0443. The number of aromatic nitrogens is 3. The number of carbonyl (C=O) groups is 1. The van der Waals surface area contributed by atoms with Gasteiger partial charge >= 0.3 is 0 Å². The van der Waals surface area contributed by atoms with Crippen LogP contribution in [-0.4, -0.2) is 78.6 Å². The number of nitrogens with zero attached hydrogens (tertiary/aromatic N) is 6. The summed E-state index contributed by atoms with van der Waals surface area (Å²) in [6.45, 7) is 5.93. The summed E-state index contributed by atoms with van der Waals surface area (Å²) in [5.74, 6) is 2.15. The van der Waals surface area contributed by atoms with E-state index < -0.39 is 0 Å². The van der Waals surface area contributed by atoms with Crippen LogP contribution >= 0.6 is 0 Å². The average Bonchev–Trinajstić information content (AvgIpc) is 3.51. The van der Waals surface area contributed by atoms with Gasteiger partial charge in [-0.25, -0.2) is 0 Å². The fourth-order valence-electron chi connectivity index (χ4n) is 3.75. The number of hydrogen-bond acceptors (Lipinski definition) is 8. The molecule has 0 atom stereocenters. The first-order valence-corrected chi connectivity index (χ1v) is 9.94. The third-order valence-corrected chi connectivity index (χ3v) is 5.62. The molecule has 2 aliphatic heterocycles. The first-order valence-electron chi connectivity index (χ1n) is 9.94. The van der Waals surface area contributed by atoms with Crippen LogP contribution in [0.15, 0.2) is 22.9 Å². The molecule has 4 heterocycles. The number of hydrogen-bond donors (Lipinski definition) is 0. The van der Waals surface area contributed by atoms with Crippen molar-refractivity contribution >= 4 is 17.4 Å². The van der Waals surface area contributed by atoms with E-state index in [1.807, 2.05) is 11.0 Å². The van der Waals surface area contributed by atoms with Gasteiger partial charge in [-0.2, -0.15) is 5.10 Å². The molecule has 2 aromatic rings. The summed E-state index contributed by atoms with van der Waals surface area (Å²) in [7, 11) is 0. The van der Waals surface area contributed by atoms with Crippen molar-refractivity contribution in [1.82, 2.24) is 20.3 Å². The molecule has 2 aromatic heterocycles. The number of morpholine rings is 1. The number of ether oxygens (including phenoxy) is 1. The van der Waals surface area contributed by atoms with E-state index in [0.29, 0.717) is 24.7 Å². The van der Waals surface area contributed by atoms with Crippen molar-refractivity contribution < 1.29 is 14.1 Å². The molecule has 0 radical (unpaired) electrons. The topological polar surface area (TPSA) is 87.8 Å². The standard InChI is InChI=1S/C19H24N6O3/c26-19(16-12-17(28-22-16)14-1-2-14)25-5-3-23(4-6-25)15-11-18(21-20-13-15)24-7-9-27-10-8-24/h11-14H,1-10H2. The predicted molar refractivity (Wildman–Crippen MR) is 102 cm³/mol. The van der Waals surface area contributed by atoms with Gasteiger partial charge in [-0.05, 0) is 12.8 Å². The van der Waals surface area contributed by atoms with Crippen LogP contribution in [0.2, 0.25) is 0 Å². The van der Waals surface area contributed by atoms with Crippen LogP contribution in [0.3, 0.4) is 0 Å². The van der Waals surface area contributed by atoms with Crippen LogP contribution in [0.1, 0.15) is 35.0 Å². The smallest absolute Gasteiger partial charge is 0.276 e. The second-order valence-electron chi connectivity index (χ2n) is 7.54. The maximum atomic E-state index is 12.7. The van der Waals surface area contributed by atoms with E-state index in [0.717, 1.165) is 69.5 Å². The second kappa shape index (κ2) is 7.38.